The van der Waals surface area contributed by atoms with Crippen LogP contribution in [0.1, 0.15) is 25.3 Å². The lowest BCUT2D eigenvalue weighted by atomic mass is 9.92. The summed E-state index contributed by atoms with van der Waals surface area (Å²) in [4.78, 5) is 17.8. The third-order valence-electron chi connectivity index (χ3n) is 3.77. The molecule has 0 aliphatic carbocycles. The van der Waals surface area contributed by atoms with Crippen molar-refractivity contribution in [1.82, 2.24) is 9.88 Å². The summed E-state index contributed by atoms with van der Waals surface area (Å²) in [5, 5.41) is 0. The molecule has 1 amide bonds. The van der Waals surface area contributed by atoms with Crippen molar-refractivity contribution in [1.29, 1.82) is 0 Å². The number of hydrazine groups is 1. The van der Waals surface area contributed by atoms with Crippen LogP contribution in [0.2, 0.25) is 0 Å². The first-order chi connectivity index (χ1) is 9.10. The molecule has 0 aromatic carbocycles. The third kappa shape index (κ3) is 3.42. The van der Waals surface area contributed by atoms with Crippen LogP contribution in [0, 0.1) is 5.92 Å². The Hall–Kier alpha value is -1.66. The van der Waals surface area contributed by atoms with Gasteiger partial charge in [-0.2, -0.15) is 0 Å². The van der Waals surface area contributed by atoms with Gasteiger partial charge >= 0.3 is 0 Å². The SMILES string of the molecule is CC1CCC(C(N)=O)CN1Cc1ccc(NN)nc1. The van der Waals surface area contributed by atoms with Gasteiger partial charge in [0, 0.05) is 25.3 Å². The summed E-state index contributed by atoms with van der Waals surface area (Å²) in [6, 6.07) is 4.29. The highest BCUT2D eigenvalue weighted by Gasteiger charge is 2.28. The molecule has 1 aromatic rings. The monoisotopic (exact) mass is 263 g/mol. The Bertz CT molecular complexity index is 433. The highest BCUT2D eigenvalue weighted by atomic mass is 16.1. The summed E-state index contributed by atoms with van der Waals surface area (Å²) in [5.74, 6) is 5.70. The van der Waals surface area contributed by atoms with Gasteiger partial charge < -0.3 is 11.2 Å². The van der Waals surface area contributed by atoms with E-state index in [1.807, 2.05) is 12.1 Å². The number of nitrogen functional groups attached to an aromatic ring is 1. The molecule has 1 saturated heterocycles. The van der Waals surface area contributed by atoms with Crippen LogP contribution in [0.5, 0.6) is 0 Å². The molecule has 0 radical (unpaired) electrons. The number of nitrogens with zero attached hydrogens (tertiary/aromatic N) is 2. The van der Waals surface area contributed by atoms with Crippen molar-refractivity contribution in [2.75, 3.05) is 12.0 Å². The zero-order valence-electron chi connectivity index (χ0n) is 11.2. The van der Waals surface area contributed by atoms with Gasteiger partial charge in [0.2, 0.25) is 5.91 Å². The van der Waals surface area contributed by atoms with Crippen molar-refractivity contribution in [2.24, 2.45) is 17.5 Å². The average Bonchev–Trinajstić information content (AvgIpc) is 2.42. The normalized spacial score (nSPS) is 24.1. The van der Waals surface area contributed by atoms with Gasteiger partial charge in [-0.3, -0.25) is 9.69 Å². The molecule has 0 spiro atoms. The molecule has 1 aliphatic heterocycles. The lowest BCUT2D eigenvalue weighted by molar-refractivity contribution is -0.124. The summed E-state index contributed by atoms with van der Waals surface area (Å²) in [7, 11) is 0. The van der Waals surface area contributed by atoms with Crippen molar-refractivity contribution in [3.8, 4) is 0 Å². The van der Waals surface area contributed by atoms with Crippen LogP contribution in [0.15, 0.2) is 18.3 Å². The van der Waals surface area contributed by atoms with E-state index in [9.17, 15) is 4.79 Å². The molecular formula is C13H21N5O. The molecule has 1 aliphatic rings. The van der Waals surface area contributed by atoms with Crippen LogP contribution in [-0.2, 0) is 11.3 Å². The maximum atomic E-state index is 11.3. The number of hydrogen-bond acceptors (Lipinski definition) is 5. The van der Waals surface area contributed by atoms with Crippen molar-refractivity contribution in [2.45, 2.75) is 32.4 Å². The van der Waals surface area contributed by atoms with Gasteiger partial charge in [0.25, 0.3) is 0 Å². The van der Waals surface area contributed by atoms with E-state index < -0.39 is 0 Å². The lowest BCUT2D eigenvalue weighted by Gasteiger charge is -2.36. The Morgan fingerprint density at radius 3 is 2.89 bits per heavy atom. The number of primary amides is 1. The largest absolute Gasteiger partial charge is 0.369 e. The zero-order chi connectivity index (χ0) is 13.8. The number of pyridine rings is 1. The molecule has 2 unspecified atom stereocenters. The highest BCUT2D eigenvalue weighted by Crippen LogP contribution is 2.23. The molecule has 2 heterocycles. The van der Waals surface area contributed by atoms with Gasteiger partial charge in [-0.25, -0.2) is 10.8 Å². The van der Waals surface area contributed by atoms with Gasteiger partial charge in [-0.15, -0.1) is 0 Å². The van der Waals surface area contributed by atoms with Crippen LogP contribution >= 0.6 is 0 Å². The van der Waals surface area contributed by atoms with E-state index in [1.54, 1.807) is 6.20 Å². The quantitative estimate of drug-likeness (QED) is 0.541. The molecule has 1 fully saturated rings. The summed E-state index contributed by atoms with van der Waals surface area (Å²) < 4.78 is 0. The minimum Gasteiger partial charge on any atom is -0.369 e. The number of amides is 1. The molecule has 0 bridgehead atoms. The highest BCUT2D eigenvalue weighted by molar-refractivity contribution is 5.76. The molecule has 0 saturated carbocycles. The Morgan fingerprint density at radius 2 is 2.32 bits per heavy atom. The summed E-state index contributed by atoms with van der Waals surface area (Å²) in [5.41, 5.74) is 9.02. The first-order valence-corrected chi connectivity index (χ1v) is 6.55. The number of nitrogens with one attached hydrogen (secondary N) is 1. The molecule has 1 aromatic heterocycles. The molecular weight excluding hydrogens is 242 g/mol. The standard InChI is InChI=1S/C13H21N5O/c1-9-2-4-11(13(14)19)8-18(9)7-10-3-5-12(17-15)16-6-10/h3,5-6,9,11H,2,4,7-8,15H2,1H3,(H2,14,19)(H,16,17). The minimum absolute atomic E-state index is 0.0332. The van der Waals surface area contributed by atoms with Gasteiger partial charge in [0.15, 0.2) is 0 Å². The first-order valence-electron chi connectivity index (χ1n) is 6.55. The van der Waals surface area contributed by atoms with Crippen LogP contribution in [0.25, 0.3) is 0 Å². The van der Waals surface area contributed by atoms with Crippen molar-refractivity contribution in [3.63, 3.8) is 0 Å². The predicted octanol–water partition coefficient (Wildman–Crippen LogP) is 0.453. The summed E-state index contributed by atoms with van der Waals surface area (Å²) in [6.07, 6.45) is 3.69. The molecule has 19 heavy (non-hydrogen) atoms. The molecule has 104 valence electrons. The number of likely N-dealkylation sites (tertiary alicyclic amines) is 1. The minimum atomic E-state index is -0.197. The topological polar surface area (TPSA) is 97.3 Å². The number of carbonyl (C=O) groups excluding carboxylic acids is 1. The van der Waals surface area contributed by atoms with Crippen molar-refractivity contribution in [3.05, 3.63) is 23.9 Å². The Labute approximate surface area is 113 Å². The Kier molecular flexibility index (Phi) is 4.34. The van der Waals surface area contributed by atoms with Gasteiger partial charge in [0.05, 0.1) is 5.92 Å². The number of aromatic nitrogens is 1. The van der Waals surface area contributed by atoms with Crippen molar-refractivity contribution < 1.29 is 4.79 Å². The second-order valence-electron chi connectivity index (χ2n) is 5.15. The number of nitrogens with two attached hydrogens (primary N) is 2. The van der Waals surface area contributed by atoms with E-state index in [-0.39, 0.29) is 11.8 Å². The molecule has 5 N–H and O–H groups in total. The van der Waals surface area contributed by atoms with Crippen LogP contribution < -0.4 is 17.0 Å². The van der Waals surface area contributed by atoms with Crippen LogP contribution in [-0.4, -0.2) is 28.4 Å². The number of rotatable bonds is 4. The summed E-state index contributed by atoms with van der Waals surface area (Å²) in [6.45, 7) is 3.69. The average molecular weight is 263 g/mol. The Balaban J connectivity index is 2.01. The second kappa shape index (κ2) is 5.99. The lowest BCUT2D eigenvalue weighted by Crippen LogP contribution is -2.45. The van der Waals surface area contributed by atoms with Crippen LogP contribution in [0.4, 0.5) is 5.82 Å². The molecule has 2 atom stereocenters. The van der Waals surface area contributed by atoms with E-state index in [1.165, 1.54) is 0 Å². The number of anilines is 1. The number of hydrogen-bond donors (Lipinski definition) is 3. The smallest absolute Gasteiger partial charge is 0.221 e. The first kappa shape index (κ1) is 13.8. The maximum absolute atomic E-state index is 11.3. The van der Waals surface area contributed by atoms with E-state index in [4.69, 9.17) is 11.6 Å². The number of piperidine rings is 1. The number of carbonyl (C=O) groups is 1. The van der Waals surface area contributed by atoms with E-state index in [2.05, 4.69) is 22.2 Å². The maximum Gasteiger partial charge on any atom is 0.221 e. The molecule has 6 nitrogen and oxygen atoms in total. The van der Waals surface area contributed by atoms with Gasteiger partial charge in [-0.1, -0.05) is 6.07 Å². The van der Waals surface area contributed by atoms with Gasteiger partial charge in [-0.05, 0) is 31.4 Å². The Morgan fingerprint density at radius 1 is 1.53 bits per heavy atom. The fourth-order valence-corrected chi connectivity index (χ4v) is 2.47. The van der Waals surface area contributed by atoms with Gasteiger partial charge in [0.1, 0.15) is 5.82 Å². The second-order valence-corrected chi connectivity index (χ2v) is 5.15. The van der Waals surface area contributed by atoms with E-state index >= 15 is 0 Å². The zero-order valence-corrected chi connectivity index (χ0v) is 11.2. The van der Waals surface area contributed by atoms with Crippen molar-refractivity contribution >= 4 is 11.7 Å². The van der Waals surface area contributed by atoms with E-state index in [0.717, 1.165) is 31.5 Å². The molecule has 6 heteroatoms. The van der Waals surface area contributed by atoms with Crippen LogP contribution in [0.3, 0.4) is 0 Å². The fraction of sp³-hybridized carbons (Fsp3) is 0.538. The fourth-order valence-electron chi connectivity index (χ4n) is 2.47. The predicted molar refractivity (Wildman–Crippen MR) is 73.8 cm³/mol. The molecule has 2 rings (SSSR count). The van der Waals surface area contributed by atoms with E-state index in [0.29, 0.717) is 11.9 Å². The third-order valence-corrected chi connectivity index (χ3v) is 3.77. The summed E-state index contributed by atoms with van der Waals surface area (Å²) >= 11 is 0.